The van der Waals surface area contributed by atoms with E-state index in [1.165, 1.54) is 0 Å². The molecule has 0 unspecified atom stereocenters. The Balaban J connectivity index is 1.60. The number of piperidine rings is 1. The van der Waals surface area contributed by atoms with Gasteiger partial charge in [-0.05, 0) is 64.3 Å². The van der Waals surface area contributed by atoms with Gasteiger partial charge < -0.3 is 14.8 Å². The number of anilines is 1. The summed E-state index contributed by atoms with van der Waals surface area (Å²) in [6, 6.07) is 6.45. The van der Waals surface area contributed by atoms with Crippen molar-refractivity contribution < 1.29 is 9.47 Å². The predicted octanol–water partition coefficient (Wildman–Crippen LogP) is 4.62. The Hall–Kier alpha value is -2.05. The second-order valence-electron chi connectivity index (χ2n) is 7.44. The van der Waals surface area contributed by atoms with Gasteiger partial charge in [0.2, 0.25) is 5.95 Å². The fourth-order valence-corrected chi connectivity index (χ4v) is 3.92. The van der Waals surface area contributed by atoms with Crippen LogP contribution in [0.15, 0.2) is 18.2 Å². The van der Waals surface area contributed by atoms with Gasteiger partial charge in [-0.25, -0.2) is 9.97 Å². The molecule has 1 aromatic heterocycles. The SMILES string of the molecule is CCOc1cc(CN2CCC(Nc3nc(C)cc(C)n3)CC2)cc(OCC)c1Cl. The van der Waals surface area contributed by atoms with Gasteiger partial charge >= 0.3 is 0 Å². The van der Waals surface area contributed by atoms with E-state index in [0.29, 0.717) is 35.8 Å². The third kappa shape index (κ3) is 5.97. The van der Waals surface area contributed by atoms with E-state index in [4.69, 9.17) is 21.1 Å². The Morgan fingerprint density at radius 2 is 1.55 bits per heavy atom. The molecule has 0 radical (unpaired) electrons. The van der Waals surface area contributed by atoms with Crippen molar-refractivity contribution in [2.24, 2.45) is 0 Å². The molecular formula is C22H31ClN4O2. The Labute approximate surface area is 178 Å². The predicted molar refractivity (Wildman–Crippen MR) is 117 cm³/mol. The summed E-state index contributed by atoms with van der Waals surface area (Å²) in [4.78, 5) is 11.5. The van der Waals surface area contributed by atoms with Gasteiger partial charge in [-0.2, -0.15) is 0 Å². The molecule has 1 aliphatic heterocycles. The molecule has 0 saturated carbocycles. The van der Waals surface area contributed by atoms with Crippen molar-refractivity contribution in [2.45, 2.75) is 53.1 Å². The van der Waals surface area contributed by atoms with Crippen LogP contribution in [0.2, 0.25) is 5.02 Å². The second kappa shape index (κ2) is 10.1. The number of ether oxygens (including phenoxy) is 2. The van der Waals surface area contributed by atoms with E-state index >= 15 is 0 Å². The molecule has 1 aliphatic rings. The zero-order valence-corrected chi connectivity index (χ0v) is 18.6. The van der Waals surface area contributed by atoms with Crippen LogP contribution in [0.4, 0.5) is 5.95 Å². The van der Waals surface area contributed by atoms with Crippen LogP contribution in [0.25, 0.3) is 0 Å². The van der Waals surface area contributed by atoms with Crippen LogP contribution in [0.5, 0.6) is 11.5 Å². The molecule has 3 rings (SSSR count). The minimum absolute atomic E-state index is 0.399. The maximum absolute atomic E-state index is 6.42. The number of nitrogens with one attached hydrogen (secondary N) is 1. The average Bonchev–Trinajstić information content (AvgIpc) is 2.66. The molecule has 0 spiro atoms. The number of nitrogens with zero attached hydrogens (tertiary/aromatic N) is 3. The van der Waals surface area contributed by atoms with Gasteiger partial charge in [-0.15, -0.1) is 0 Å². The first-order chi connectivity index (χ1) is 14.0. The molecule has 1 N–H and O–H groups in total. The summed E-state index contributed by atoms with van der Waals surface area (Å²) in [6.07, 6.45) is 2.11. The summed E-state index contributed by atoms with van der Waals surface area (Å²) in [6.45, 7) is 11.9. The Morgan fingerprint density at radius 3 is 2.07 bits per heavy atom. The molecule has 2 heterocycles. The first kappa shape index (κ1) is 21.7. The first-order valence-corrected chi connectivity index (χ1v) is 10.8. The molecule has 0 bridgehead atoms. The summed E-state index contributed by atoms with van der Waals surface area (Å²) in [5, 5.41) is 4.05. The average molecular weight is 419 g/mol. The number of benzene rings is 1. The molecule has 158 valence electrons. The Kier molecular flexibility index (Phi) is 7.56. The van der Waals surface area contributed by atoms with Crippen LogP contribution >= 0.6 is 11.6 Å². The van der Waals surface area contributed by atoms with Gasteiger partial charge in [0.15, 0.2) is 0 Å². The fourth-order valence-electron chi connectivity index (χ4n) is 3.71. The van der Waals surface area contributed by atoms with E-state index in [2.05, 4.69) is 20.2 Å². The molecule has 6 nitrogen and oxygen atoms in total. The van der Waals surface area contributed by atoms with Gasteiger partial charge in [0.1, 0.15) is 16.5 Å². The molecule has 0 aliphatic carbocycles. The van der Waals surface area contributed by atoms with Crippen LogP contribution < -0.4 is 14.8 Å². The third-order valence-electron chi connectivity index (χ3n) is 4.97. The van der Waals surface area contributed by atoms with Gasteiger partial charge in [0, 0.05) is 37.1 Å². The van der Waals surface area contributed by atoms with Crippen molar-refractivity contribution >= 4 is 17.5 Å². The van der Waals surface area contributed by atoms with Crippen LogP contribution in [0, 0.1) is 13.8 Å². The van der Waals surface area contributed by atoms with Gasteiger partial charge in [0.25, 0.3) is 0 Å². The van der Waals surface area contributed by atoms with E-state index in [0.717, 1.165) is 55.4 Å². The van der Waals surface area contributed by atoms with E-state index in [9.17, 15) is 0 Å². The van der Waals surface area contributed by atoms with Crippen LogP contribution in [-0.4, -0.2) is 47.2 Å². The largest absolute Gasteiger partial charge is 0.492 e. The molecule has 1 saturated heterocycles. The number of aryl methyl sites for hydroxylation is 2. The number of rotatable bonds is 8. The van der Waals surface area contributed by atoms with Crippen molar-refractivity contribution in [1.82, 2.24) is 14.9 Å². The summed E-state index contributed by atoms with van der Waals surface area (Å²) in [5.41, 5.74) is 3.15. The number of hydrogen-bond donors (Lipinski definition) is 1. The summed E-state index contributed by atoms with van der Waals surface area (Å²) in [7, 11) is 0. The Bertz CT molecular complexity index is 775. The lowest BCUT2D eigenvalue weighted by Gasteiger charge is -2.32. The lowest BCUT2D eigenvalue weighted by atomic mass is 10.0. The van der Waals surface area contributed by atoms with Gasteiger partial charge in [-0.3, -0.25) is 4.90 Å². The molecule has 0 atom stereocenters. The standard InChI is InChI=1S/C22H31ClN4O2/c1-5-28-19-12-17(13-20(21(19)23)29-6-2)14-27-9-7-18(8-10-27)26-22-24-15(3)11-16(4)25-22/h11-13,18H,5-10,14H2,1-4H3,(H,24,25,26). The fraction of sp³-hybridized carbons (Fsp3) is 0.545. The van der Waals surface area contributed by atoms with Crippen LogP contribution in [-0.2, 0) is 6.54 Å². The maximum atomic E-state index is 6.42. The lowest BCUT2D eigenvalue weighted by molar-refractivity contribution is 0.210. The zero-order chi connectivity index (χ0) is 20.8. The highest BCUT2D eigenvalue weighted by molar-refractivity contribution is 6.33. The molecule has 0 amide bonds. The summed E-state index contributed by atoms with van der Waals surface area (Å²) < 4.78 is 11.4. The third-order valence-corrected chi connectivity index (χ3v) is 5.35. The normalized spacial score (nSPS) is 15.3. The van der Waals surface area contributed by atoms with Gasteiger partial charge in [-0.1, -0.05) is 11.6 Å². The summed E-state index contributed by atoms with van der Waals surface area (Å²) in [5.74, 6) is 2.12. The van der Waals surface area contributed by atoms with Gasteiger partial charge in [0.05, 0.1) is 13.2 Å². The summed E-state index contributed by atoms with van der Waals surface area (Å²) >= 11 is 6.42. The molecule has 29 heavy (non-hydrogen) atoms. The minimum atomic E-state index is 0.399. The van der Waals surface area contributed by atoms with E-state index in [1.54, 1.807) is 0 Å². The Morgan fingerprint density at radius 1 is 1.00 bits per heavy atom. The highest BCUT2D eigenvalue weighted by Crippen LogP contribution is 2.36. The first-order valence-electron chi connectivity index (χ1n) is 10.4. The highest BCUT2D eigenvalue weighted by atomic mass is 35.5. The van der Waals surface area contributed by atoms with Crippen molar-refractivity contribution in [2.75, 3.05) is 31.6 Å². The molecular weight excluding hydrogens is 388 g/mol. The molecule has 1 aromatic carbocycles. The molecule has 1 fully saturated rings. The topological polar surface area (TPSA) is 59.5 Å². The minimum Gasteiger partial charge on any atom is -0.492 e. The highest BCUT2D eigenvalue weighted by Gasteiger charge is 2.21. The maximum Gasteiger partial charge on any atom is 0.223 e. The van der Waals surface area contributed by atoms with E-state index < -0.39 is 0 Å². The van der Waals surface area contributed by atoms with E-state index in [1.807, 2.05) is 45.9 Å². The monoisotopic (exact) mass is 418 g/mol. The van der Waals surface area contributed by atoms with Crippen molar-refractivity contribution in [1.29, 1.82) is 0 Å². The van der Waals surface area contributed by atoms with Crippen molar-refractivity contribution in [3.05, 3.63) is 40.2 Å². The number of hydrogen-bond acceptors (Lipinski definition) is 6. The quantitative estimate of drug-likeness (QED) is 0.674. The second-order valence-corrected chi connectivity index (χ2v) is 7.82. The number of likely N-dealkylation sites (tertiary alicyclic amines) is 1. The van der Waals surface area contributed by atoms with Crippen molar-refractivity contribution in [3.8, 4) is 11.5 Å². The van der Waals surface area contributed by atoms with Crippen LogP contribution in [0.3, 0.4) is 0 Å². The number of halogens is 1. The molecule has 2 aromatic rings. The van der Waals surface area contributed by atoms with Crippen molar-refractivity contribution in [3.63, 3.8) is 0 Å². The number of aromatic nitrogens is 2. The smallest absolute Gasteiger partial charge is 0.223 e. The lowest BCUT2D eigenvalue weighted by Crippen LogP contribution is -2.39. The van der Waals surface area contributed by atoms with Crippen LogP contribution in [0.1, 0.15) is 43.6 Å². The molecule has 7 heteroatoms. The zero-order valence-electron chi connectivity index (χ0n) is 17.8. The van der Waals surface area contributed by atoms with E-state index in [-0.39, 0.29) is 0 Å².